The summed E-state index contributed by atoms with van der Waals surface area (Å²) in [6.07, 6.45) is 4.53. The maximum atomic E-state index is 14.9. The number of hydrogen-bond donors (Lipinski definition) is 0. The molecule has 2 aromatic rings. The van der Waals surface area contributed by atoms with Gasteiger partial charge in [0.25, 0.3) is 0 Å². The van der Waals surface area contributed by atoms with Crippen molar-refractivity contribution in [3.8, 4) is 11.4 Å². The molecule has 2 aromatic heterocycles. The summed E-state index contributed by atoms with van der Waals surface area (Å²) in [6, 6.07) is 5.36. The molecule has 3 rings (SSSR count). The highest BCUT2D eigenvalue weighted by Crippen LogP contribution is 2.39. The van der Waals surface area contributed by atoms with Crippen molar-refractivity contribution in [3.63, 3.8) is 0 Å². The lowest BCUT2D eigenvalue weighted by atomic mass is 9.87. The van der Waals surface area contributed by atoms with Gasteiger partial charge in [-0.15, -0.1) is 0 Å². The van der Waals surface area contributed by atoms with E-state index >= 15 is 0 Å². The zero-order chi connectivity index (χ0) is 18.9. The first kappa shape index (κ1) is 18.7. The molecule has 0 bridgehead atoms. The fraction of sp³-hybridized carbons (Fsp3) is 0.444. The predicted octanol–water partition coefficient (Wildman–Crippen LogP) is 3.86. The van der Waals surface area contributed by atoms with Crippen LogP contribution >= 0.6 is 0 Å². The molecule has 8 heteroatoms. The molecule has 0 unspecified atom stereocenters. The van der Waals surface area contributed by atoms with Crippen LogP contribution in [0.25, 0.3) is 17.5 Å². The van der Waals surface area contributed by atoms with Crippen LogP contribution in [0.15, 0.2) is 36.3 Å². The first-order chi connectivity index (χ1) is 12.2. The van der Waals surface area contributed by atoms with E-state index in [4.69, 9.17) is 9.31 Å². The Bertz CT molecular complexity index is 790. The minimum atomic E-state index is -1.10. The molecular weight excluding hydrogens is 339 g/mol. The number of halogens is 2. The Morgan fingerprint density at radius 2 is 1.92 bits per heavy atom. The van der Waals surface area contributed by atoms with Gasteiger partial charge in [0.05, 0.1) is 23.4 Å². The van der Waals surface area contributed by atoms with Crippen molar-refractivity contribution in [1.82, 2.24) is 14.8 Å². The van der Waals surface area contributed by atoms with Crippen LogP contribution in [-0.2, 0) is 15.9 Å². The fourth-order valence-corrected chi connectivity index (χ4v) is 2.62. The van der Waals surface area contributed by atoms with Crippen molar-refractivity contribution in [3.05, 3.63) is 41.9 Å². The second-order valence-electron chi connectivity index (χ2n) is 7.22. The summed E-state index contributed by atoms with van der Waals surface area (Å²) in [5.41, 5.74) is -0.287. The summed E-state index contributed by atoms with van der Waals surface area (Å²) in [4.78, 5) is 4.25. The summed E-state index contributed by atoms with van der Waals surface area (Å²) in [6.45, 7) is 6.97. The minimum Gasteiger partial charge on any atom is -0.398 e. The molecule has 138 valence electrons. The molecule has 1 fully saturated rings. The van der Waals surface area contributed by atoms with Crippen LogP contribution in [0, 0.1) is 0 Å². The molecule has 0 radical (unpaired) electrons. The van der Waals surface area contributed by atoms with E-state index in [9.17, 15) is 8.78 Å². The number of rotatable bonds is 5. The van der Waals surface area contributed by atoms with Crippen LogP contribution in [0.5, 0.6) is 0 Å². The highest BCUT2D eigenvalue weighted by Gasteiger charge is 2.53. The monoisotopic (exact) mass is 361 g/mol. The van der Waals surface area contributed by atoms with E-state index in [0.717, 1.165) is 0 Å². The van der Waals surface area contributed by atoms with E-state index in [0.29, 0.717) is 17.0 Å². The largest absolute Gasteiger partial charge is 0.525 e. The fourth-order valence-electron chi connectivity index (χ4n) is 2.62. The molecular formula is C18H22BF2N3O2. The molecule has 1 aliphatic rings. The van der Waals surface area contributed by atoms with Crippen LogP contribution in [0.3, 0.4) is 0 Å². The molecule has 0 spiro atoms. The Morgan fingerprint density at radius 3 is 2.50 bits per heavy atom. The number of pyridine rings is 1. The summed E-state index contributed by atoms with van der Waals surface area (Å²) in [5, 5.41) is 4.33. The zero-order valence-corrected chi connectivity index (χ0v) is 15.4. The van der Waals surface area contributed by atoms with E-state index in [2.05, 4.69) is 10.1 Å². The van der Waals surface area contributed by atoms with Crippen LogP contribution in [-0.4, -0.2) is 39.8 Å². The van der Waals surface area contributed by atoms with E-state index in [1.165, 1.54) is 10.8 Å². The predicted molar refractivity (Wildman–Crippen MR) is 96.6 cm³/mol. The second kappa shape index (κ2) is 6.93. The summed E-state index contributed by atoms with van der Waals surface area (Å²) in [7, 11) is -1.10. The zero-order valence-electron chi connectivity index (χ0n) is 15.4. The number of aryl methyl sites for hydroxylation is 1. The Hall–Kier alpha value is -2.06. The second-order valence-corrected chi connectivity index (χ2v) is 7.22. The van der Waals surface area contributed by atoms with Crippen molar-refractivity contribution in [2.24, 2.45) is 0 Å². The van der Waals surface area contributed by atoms with Gasteiger partial charge in [0, 0.05) is 18.0 Å². The van der Waals surface area contributed by atoms with E-state index in [1.54, 1.807) is 24.5 Å². The number of aromatic nitrogens is 3. The highest BCUT2D eigenvalue weighted by molar-refractivity contribution is 6.54. The van der Waals surface area contributed by atoms with Crippen LogP contribution < -0.4 is 0 Å². The summed E-state index contributed by atoms with van der Waals surface area (Å²) in [5.74, 6) is 0. The van der Waals surface area contributed by atoms with Gasteiger partial charge < -0.3 is 9.31 Å². The third-order valence-corrected chi connectivity index (χ3v) is 4.78. The van der Waals surface area contributed by atoms with Gasteiger partial charge in [0.2, 0.25) is 0 Å². The van der Waals surface area contributed by atoms with Crippen molar-refractivity contribution < 1.29 is 18.1 Å². The van der Waals surface area contributed by atoms with E-state index < -0.39 is 30.7 Å². The van der Waals surface area contributed by atoms with Gasteiger partial charge in [-0.2, -0.15) is 5.10 Å². The topological polar surface area (TPSA) is 49.2 Å². The lowest BCUT2D eigenvalue weighted by molar-refractivity contribution is 0.00578. The van der Waals surface area contributed by atoms with Gasteiger partial charge >= 0.3 is 7.12 Å². The van der Waals surface area contributed by atoms with Gasteiger partial charge in [-0.25, -0.2) is 8.78 Å². The molecule has 0 aromatic carbocycles. The SMILES string of the molecule is CC1(C)OB(C(F)=Cc2cn(CCF)nc2-c2ccccn2)OC1(C)C. The van der Waals surface area contributed by atoms with Gasteiger partial charge in [-0.1, -0.05) is 6.07 Å². The van der Waals surface area contributed by atoms with E-state index in [1.807, 2.05) is 33.8 Å². The molecule has 26 heavy (non-hydrogen) atoms. The average Bonchev–Trinajstić information content (AvgIpc) is 3.06. The van der Waals surface area contributed by atoms with E-state index in [-0.39, 0.29) is 6.54 Å². The van der Waals surface area contributed by atoms with Gasteiger partial charge in [-0.05, 0) is 45.9 Å². The summed E-state index contributed by atoms with van der Waals surface area (Å²) < 4.78 is 40.4. The third kappa shape index (κ3) is 3.57. The Morgan fingerprint density at radius 1 is 1.23 bits per heavy atom. The maximum Gasteiger partial charge on any atom is 0.525 e. The highest BCUT2D eigenvalue weighted by atomic mass is 19.1. The minimum absolute atomic E-state index is 0.0891. The lowest BCUT2D eigenvalue weighted by Gasteiger charge is -2.32. The van der Waals surface area contributed by atoms with Gasteiger partial charge in [0.1, 0.15) is 18.1 Å². The Balaban J connectivity index is 1.95. The Labute approximate surface area is 152 Å². The number of nitrogens with zero attached hydrogens (tertiary/aromatic N) is 3. The van der Waals surface area contributed by atoms with Crippen molar-refractivity contribution in [2.45, 2.75) is 45.4 Å². The van der Waals surface area contributed by atoms with Crippen LogP contribution in [0.4, 0.5) is 8.78 Å². The standard InChI is InChI=1S/C18H22BF2N3O2/c1-17(2)18(3,4)26-19(25-17)15(21)11-13-12-24(10-8-20)23-16(13)14-7-5-6-9-22-14/h5-7,9,11-12H,8,10H2,1-4H3. The molecule has 0 aliphatic carbocycles. The molecule has 0 saturated carbocycles. The van der Waals surface area contributed by atoms with Crippen LogP contribution in [0.2, 0.25) is 0 Å². The van der Waals surface area contributed by atoms with Gasteiger partial charge in [0.15, 0.2) is 0 Å². The number of alkyl halides is 1. The molecule has 0 amide bonds. The normalized spacial score (nSPS) is 19.2. The average molecular weight is 361 g/mol. The van der Waals surface area contributed by atoms with Crippen molar-refractivity contribution in [1.29, 1.82) is 0 Å². The lowest BCUT2D eigenvalue weighted by Crippen LogP contribution is -2.41. The molecule has 3 heterocycles. The molecule has 1 saturated heterocycles. The first-order valence-corrected chi connectivity index (χ1v) is 8.51. The molecule has 1 aliphatic heterocycles. The molecule has 0 atom stereocenters. The smallest absolute Gasteiger partial charge is 0.398 e. The van der Waals surface area contributed by atoms with Gasteiger partial charge in [-0.3, -0.25) is 9.67 Å². The van der Waals surface area contributed by atoms with Crippen molar-refractivity contribution in [2.75, 3.05) is 6.67 Å². The maximum absolute atomic E-state index is 14.9. The quantitative estimate of drug-likeness (QED) is 0.759. The first-order valence-electron chi connectivity index (χ1n) is 8.51. The summed E-state index contributed by atoms with van der Waals surface area (Å²) >= 11 is 0. The third-order valence-electron chi connectivity index (χ3n) is 4.78. The van der Waals surface area contributed by atoms with Crippen molar-refractivity contribution >= 4 is 13.2 Å². The molecule has 5 nitrogen and oxygen atoms in total. The van der Waals surface area contributed by atoms with Crippen LogP contribution in [0.1, 0.15) is 33.3 Å². The Kier molecular flexibility index (Phi) is 4.99. The number of hydrogen-bond acceptors (Lipinski definition) is 4. The molecule has 0 N–H and O–H groups in total.